The molecule has 1 fully saturated rings. The number of nitrogens with zero attached hydrogens (tertiary/aromatic N) is 2. The van der Waals surface area contributed by atoms with Gasteiger partial charge in [0.15, 0.2) is 0 Å². The molecule has 2 atom stereocenters. The van der Waals surface area contributed by atoms with Gasteiger partial charge in [-0.15, -0.1) is 0 Å². The zero-order valence-corrected chi connectivity index (χ0v) is 15.8. The Morgan fingerprint density at radius 2 is 1.88 bits per heavy atom. The molecule has 3 rings (SSSR count). The van der Waals surface area contributed by atoms with Gasteiger partial charge in [-0.05, 0) is 51.8 Å². The second-order valence-electron chi connectivity index (χ2n) is 6.95. The van der Waals surface area contributed by atoms with E-state index in [2.05, 4.69) is 28.5 Å². The number of piperidine rings is 1. The maximum absolute atomic E-state index is 12.7. The zero-order chi connectivity index (χ0) is 17.9. The van der Waals surface area contributed by atoms with Crippen LogP contribution in [0.15, 0.2) is 41.4 Å². The molecule has 1 aromatic carbocycles. The van der Waals surface area contributed by atoms with Gasteiger partial charge < -0.3 is 0 Å². The molecule has 1 aliphatic heterocycles. The number of fused-ring (bicyclic) bond motifs is 1. The summed E-state index contributed by atoms with van der Waals surface area (Å²) in [6.07, 6.45) is 6.20. The third kappa shape index (κ3) is 4.19. The molecule has 0 bridgehead atoms. The van der Waals surface area contributed by atoms with Crippen LogP contribution in [0.5, 0.6) is 0 Å². The fourth-order valence-corrected chi connectivity index (χ4v) is 5.01. The van der Waals surface area contributed by atoms with E-state index in [0.29, 0.717) is 24.1 Å². The van der Waals surface area contributed by atoms with Crippen molar-refractivity contribution in [2.75, 3.05) is 13.1 Å². The normalized spacial score (nSPS) is 22.3. The van der Waals surface area contributed by atoms with Gasteiger partial charge >= 0.3 is 0 Å². The number of benzene rings is 1. The molecule has 0 amide bonds. The molecule has 1 aromatic heterocycles. The molecule has 136 valence electrons. The van der Waals surface area contributed by atoms with Crippen LogP contribution < -0.4 is 4.72 Å². The van der Waals surface area contributed by atoms with Crippen LogP contribution in [0.3, 0.4) is 0 Å². The van der Waals surface area contributed by atoms with Crippen molar-refractivity contribution >= 4 is 20.9 Å². The maximum Gasteiger partial charge on any atom is 0.242 e. The first kappa shape index (κ1) is 18.3. The van der Waals surface area contributed by atoms with Crippen LogP contribution >= 0.6 is 0 Å². The number of rotatable bonds is 6. The summed E-state index contributed by atoms with van der Waals surface area (Å²) < 4.78 is 28.1. The molecule has 1 saturated heterocycles. The average molecular weight is 362 g/mol. The zero-order valence-electron chi connectivity index (χ0n) is 15.0. The number of aromatic nitrogens is 1. The fraction of sp³-hybridized carbons (Fsp3) is 0.526. The van der Waals surface area contributed by atoms with Crippen molar-refractivity contribution in [1.82, 2.24) is 14.6 Å². The van der Waals surface area contributed by atoms with E-state index >= 15 is 0 Å². The molecule has 0 saturated carbocycles. The summed E-state index contributed by atoms with van der Waals surface area (Å²) in [7, 11) is -3.55. The highest BCUT2D eigenvalue weighted by Gasteiger charge is 2.24. The second kappa shape index (κ2) is 7.81. The van der Waals surface area contributed by atoms with Crippen LogP contribution in [-0.4, -0.2) is 43.5 Å². The van der Waals surface area contributed by atoms with Gasteiger partial charge in [-0.1, -0.05) is 24.6 Å². The molecule has 0 radical (unpaired) electrons. The highest BCUT2D eigenvalue weighted by Crippen LogP contribution is 2.23. The number of likely N-dealkylation sites (tertiary alicyclic amines) is 1. The quantitative estimate of drug-likeness (QED) is 0.803. The topological polar surface area (TPSA) is 62.3 Å². The maximum atomic E-state index is 12.7. The molecule has 5 nitrogen and oxygen atoms in total. The molecule has 25 heavy (non-hydrogen) atoms. The van der Waals surface area contributed by atoms with Crippen molar-refractivity contribution in [3.05, 3.63) is 36.5 Å². The van der Waals surface area contributed by atoms with Gasteiger partial charge in [0.1, 0.15) is 4.90 Å². The minimum atomic E-state index is -3.55. The Morgan fingerprint density at radius 3 is 2.64 bits per heavy atom. The van der Waals surface area contributed by atoms with Crippen molar-refractivity contribution in [1.29, 1.82) is 0 Å². The Morgan fingerprint density at radius 1 is 1.16 bits per heavy atom. The first-order chi connectivity index (χ1) is 12.0. The van der Waals surface area contributed by atoms with E-state index in [4.69, 9.17) is 0 Å². The Hall–Kier alpha value is -1.50. The van der Waals surface area contributed by atoms with Crippen molar-refractivity contribution < 1.29 is 8.42 Å². The number of pyridine rings is 1. The number of hydrogen-bond donors (Lipinski definition) is 1. The lowest BCUT2D eigenvalue weighted by atomic mass is 9.97. The molecule has 2 heterocycles. The summed E-state index contributed by atoms with van der Waals surface area (Å²) in [6, 6.07) is 10.1. The summed E-state index contributed by atoms with van der Waals surface area (Å²) in [4.78, 5) is 6.99. The van der Waals surface area contributed by atoms with Crippen molar-refractivity contribution in [2.45, 2.75) is 56.5 Å². The van der Waals surface area contributed by atoms with Gasteiger partial charge in [-0.25, -0.2) is 13.1 Å². The lowest BCUT2D eigenvalue weighted by molar-refractivity contribution is 0.103. The van der Waals surface area contributed by atoms with E-state index < -0.39 is 10.0 Å². The standard InChI is InChI=1S/C19H27N3O2S/c1-15-7-3-8-16(2)22(15)14-6-13-21-25(23,24)18-11-4-9-17-10-5-12-20-19(17)18/h4-5,9-12,15-16,21H,3,6-8,13-14H2,1-2H3. The highest BCUT2D eigenvalue weighted by atomic mass is 32.2. The largest absolute Gasteiger partial charge is 0.298 e. The van der Waals surface area contributed by atoms with E-state index in [1.165, 1.54) is 19.3 Å². The van der Waals surface area contributed by atoms with Gasteiger partial charge in [-0.3, -0.25) is 9.88 Å². The molecular formula is C19H27N3O2S. The van der Waals surface area contributed by atoms with Crippen LogP contribution in [0, 0.1) is 0 Å². The molecule has 2 unspecified atom stereocenters. The Kier molecular flexibility index (Phi) is 5.71. The molecule has 0 aliphatic carbocycles. The summed E-state index contributed by atoms with van der Waals surface area (Å²) in [6.45, 7) is 5.91. The van der Waals surface area contributed by atoms with Crippen LogP contribution in [0.25, 0.3) is 10.9 Å². The van der Waals surface area contributed by atoms with Crippen LogP contribution in [-0.2, 0) is 10.0 Å². The highest BCUT2D eigenvalue weighted by molar-refractivity contribution is 7.89. The average Bonchev–Trinajstić information content (AvgIpc) is 2.60. The monoisotopic (exact) mass is 361 g/mol. The summed E-state index contributed by atoms with van der Waals surface area (Å²) in [5.74, 6) is 0. The smallest absolute Gasteiger partial charge is 0.242 e. The van der Waals surface area contributed by atoms with E-state index in [1.807, 2.05) is 18.2 Å². The minimum absolute atomic E-state index is 0.255. The first-order valence-electron chi connectivity index (χ1n) is 9.08. The van der Waals surface area contributed by atoms with Gasteiger partial charge in [0, 0.05) is 30.2 Å². The van der Waals surface area contributed by atoms with Gasteiger partial charge in [0.05, 0.1) is 5.52 Å². The van der Waals surface area contributed by atoms with Gasteiger partial charge in [-0.2, -0.15) is 0 Å². The van der Waals surface area contributed by atoms with E-state index in [1.54, 1.807) is 18.3 Å². The first-order valence-corrected chi connectivity index (χ1v) is 10.6. The van der Waals surface area contributed by atoms with E-state index in [0.717, 1.165) is 18.4 Å². The van der Waals surface area contributed by atoms with Gasteiger partial charge in [0.25, 0.3) is 0 Å². The molecule has 1 aliphatic rings. The lowest BCUT2D eigenvalue weighted by Gasteiger charge is -2.39. The molecule has 2 aromatic rings. The van der Waals surface area contributed by atoms with Gasteiger partial charge in [0.2, 0.25) is 10.0 Å². The molecule has 6 heteroatoms. The summed E-state index contributed by atoms with van der Waals surface area (Å²) >= 11 is 0. The number of nitrogens with one attached hydrogen (secondary N) is 1. The SMILES string of the molecule is CC1CCCC(C)N1CCCNS(=O)(=O)c1cccc2cccnc12. The summed E-state index contributed by atoms with van der Waals surface area (Å²) in [5.41, 5.74) is 0.524. The van der Waals surface area contributed by atoms with Crippen LogP contribution in [0.2, 0.25) is 0 Å². The van der Waals surface area contributed by atoms with Crippen LogP contribution in [0.4, 0.5) is 0 Å². The minimum Gasteiger partial charge on any atom is -0.298 e. The number of para-hydroxylation sites is 1. The van der Waals surface area contributed by atoms with Crippen molar-refractivity contribution in [2.24, 2.45) is 0 Å². The number of sulfonamides is 1. The lowest BCUT2D eigenvalue weighted by Crippen LogP contribution is -2.44. The fourth-order valence-electron chi connectivity index (χ4n) is 3.75. The van der Waals surface area contributed by atoms with Crippen LogP contribution in [0.1, 0.15) is 39.5 Å². The van der Waals surface area contributed by atoms with Crippen molar-refractivity contribution in [3.63, 3.8) is 0 Å². The third-order valence-corrected chi connectivity index (χ3v) is 6.64. The second-order valence-corrected chi connectivity index (χ2v) is 8.68. The number of hydrogen-bond acceptors (Lipinski definition) is 4. The predicted octanol–water partition coefficient (Wildman–Crippen LogP) is 3.17. The Labute approximate surface area is 150 Å². The molecule has 1 N–H and O–H groups in total. The third-order valence-electron chi connectivity index (χ3n) is 5.15. The van der Waals surface area contributed by atoms with E-state index in [9.17, 15) is 8.42 Å². The molecule has 0 spiro atoms. The summed E-state index contributed by atoms with van der Waals surface area (Å²) in [5, 5.41) is 0.835. The van der Waals surface area contributed by atoms with Crippen molar-refractivity contribution in [3.8, 4) is 0 Å². The molecular weight excluding hydrogens is 334 g/mol. The Balaban J connectivity index is 1.62. The Bertz CT molecular complexity index is 807. The van der Waals surface area contributed by atoms with E-state index in [-0.39, 0.29) is 4.90 Å². The predicted molar refractivity (Wildman–Crippen MR) is 101 cm³/mol.